The van der Waals surface area contributed by atoms with Crippen LogP contribution in [0.5, 0.6) is 11.5 Å². The van der Waals surface area contributed by atoms with E-state index >= 15 is 0 Å². The lowest BCUT2D eigenvalue weighted by atomic mass is 9.75. The highest BCUT2D eigenvalue weighted by Gasteiger charge is 2.41. The van der Waals surface area contributed by atoms with Crippen molar-refractivity contribution < 1.29 is 19.0 Å². The Balaban J connectivity index is 1.49. The molecular formula is C28H23BrCl3NO4. The van der Waals surface area contributed by atoms with Gasteiger partial charge in [0.1, 0.15) is 6.61 Å². The van der Waals surface area contributed by atoms with Gasteiger partial charge in [-0.2, -0.15) is 0 Å². The van der Waals surface area contributed by atoms with Gasteiger partial charge in [0.05, 0.1) is 51.1 Å². The van der Waals surface area contributed by atoms with Crippen LogP contribution in [-0.4, -0.2) is 20.2 Å². The summed E-state index contributed by atoms with van der Waals surface area (Å²) < 4.78 is 17.6. The zero-order chi connectivity index (χ0) is 26.3. The van der Waals surface area contributed by atoms with Crippen molar-refractivity contribution in [3.05, 3.63) is 96.4 Å². The number of rotatable bonds is 6. The fourth-order valence-corrected chi connectivity index (χ4v) is 6.25. The Morgan fingerprint density at radius 1 is 1.05 bits per heavy atom. The molecule has 2 aliphatic rings. The average molecular weight is 624 g/mol. The van der Waals surface area contributed by atoms with Crippen LogP contribution >= 0.6 is 50.7 Å². The van der Waals surface area contributed by atoms with E-state index in [9.17, 15) is 4.79 Å². The van der Waals surface area contributed by atoms with Crippen molar-refractivity contribution in [3.63, 3.8) is 0 Å². The van der Waals surface area contributed by atoms with Crippen molar-refractivity contribution in [2.24, 2.45) is 5.92 Å². The first-order valence-corrected chi connectivity index (χ1v) is 13.5. The van der Waals surface area contributed by atoms with E-state index in [2.05, 4.69) is 33.4 Å². The van der Waals surface area contributed by atoms with Crippen LogP contribution in [0, 0.1) is 5.92 Å². The van der Waals surface area contributed by atoms with Crippen LogP contribution in [0.2, 0.25) is 15.1 Å². The SMILES string of the molecule is COC(=O)c1ccc(Cl)c2c1[C@@H]1C=CC[C@@H]1[C@@H](c1cc(Br)c(OCc3ccc(Cl)c(Cl)c3)c(OC)c1)N2. The maximum atomic E-state index is 12.5. The lowest BCUT2D eigenvalue weighted by Crippen LogP contribution is -2.31. The largest absolute Gasteiger partial charge is 0.493 e. The molecule has 1 aliphatic carbocycles. The molecule has 0 radical (unpaired) electrons. The zero-order valence-electron chi connectivity index (χ0n) is 20.0. The molecule has 0 unspecified atom stereocenters. The van der Waals surface area contributed by atoms with E-state index in [-0.39, 0.29) is 23.8 Å². The Morgan fingerprint density at radius 2 is 1.84 bits per heavy atom. The van der Waals surface area contributed by atoms with Crippen LogP contribution in [-0.2, 0) is 11.3 Å². The molecule has 1 N–H and O–H groups in total. The quantitative estimate of drug-likeness (QED) is 0.220. The van der Waals surface area contributed by atoms with Gasteiger partial charge in [-0.1, -0.05) is 53.0 Å². The third-order valence-corrected chi connectivity index (χ3v) is 8.50. The van der Waals surface area contributed by atoms with Gasteiger partial charge >= 0.3 is 5.97 Å². The molecule has 0 saturated heterocycles. The maximum Gasteiger partial charge on any atom is 0.338 e. The van der Waals surface area contributed by atoms with Crippen molar-refractivity contribution in [1.29, 1.82) is 0 Å². The van der Waals surface area contributed by atoms with Gasteiger partial charge in [-0.15, -0.1) is 0 Å². The molecule has 0 aromatic heterocycles. The minimum absolute atomic E-state index is 0.0180. The third kappa shape index (κ3) is 4.92. The van der Waals surface area contributed by atoms with Gasteiger partial charge in [-0.05, 0) is 81.4 Å². The van der Waals surface area contributed by atoms with Crippen molar-refractivity contribution in [3.8, 4) is 11.5 Å². The topological polar surface area (TPSA) is 56.8 Å². The Hall–Kier alpha value is -2.38. The second-order valence-corrected chi connectivity index (χ2v) is 11.0. The van der Waals surface area contributed by atoms with E-state index < -0.39 is 0 Å². The van der Waals surface area contributed by atoms with Gasteiger partial charge in [0.2, 0.25) is 0 Å². The third-order valence-electron chi connectivity index (χ3n) is 6.85. The van der Waals surface area contributed by atoms with Crippen LogP contribution < -0.4 is 14.8 Å². The molecule has 3 aromatic rings. The highest BCUT2D eigenvalue weighted by Crippen LogP contribution is 2.54. The van der Waals surface area contributed by atoms with Gasteiger partial charge in [-0.3, -0.25) is 0 Å². The highest BCUT2D eigenvalue weighted by atomic mass is 79.9. The lowest BCUT2D eigenvalue weighted by molar-refractivity contribution is 0.0598. The first kappa shape index (κ1) is 26.2. The molecule has 0 amide bonds. The number of nitrogens with one attached hydrogen (secondary N) is 1. The maximum absolute atomic E-state index is 12.5. The molecule has 0 fully saturated rings. The van der Waals surface area contributed by atoms with Crippen LogP contribution in [0.1, 0.15) is 45.4 Å². The number of esters is 1. The molecule has 3 aromatic carbocycles. The minimum atomic E-state index is -0.375. The van der Waals surface area contributed by atoms with Gasteiger partial charge < -0.3 is 19.5 Å². The fourth-order valence-electron chi connectivity index (χ4n) is 5.14. The second kappa shape index (κ2) is 10.8. The van der Waals surface area contributed by atoms with Crippen LogP contribution in [0.3, 0.4) is 0 Å². The predicted molar refractivity (Wildman–Crippen MR) is 151 cm³/mol. The lowest BCUT2D eigenvalue weighted by Gasteiger charge is -2.39. The molecular weight excluding hydrogens is 601 g/mol. The number of halogens is 4. The summed E-state index contributed by atoms with van der Waals surface area (Å²) in [4.78, 5) is 12.5. The second-order valence-electron chi connectivity index (χ2n) is 8.92. The number of carbonyl (C=O) groups excluding carboxylic acids is 1. The van der Waals surface area contributed by atoms with Gasteiger partial charge in [0.15, 0.2) is 11.5 Å². The number of fused-ring (bicyclic) bond motifs is 3. The zero-order valence-corrected chi connectivity index (χ0v) is 23.8. The van der Waals surface area contributed by atoms with Crippen molar-refractivity contribution >= 4 is 62.4 Å². The fraction of sp³-hybridized carbons (Fsp3) is 0.250. The molecule has 37 heavy (non-hydrogen) atoms. The van der Waals surface area contributed by atoms with E-state index in [1.54, 1.807) is 31.4 Å². The first-order chi connectivity index (χ1) is 17.8. The van der Waals surface area contributed by atoms with Crippen LogP contribution in [0.4, 0.5) is 5.69 Å². The molecule has 9 heteroatoms. The first-order valence-electron chi connectivity index (χ1n) is 11.6. The number of benzene rings is 3. The van der Waals surface area contributed by atoms with E-state index in [1.807, 2.05) is 18.2 Å². The smallest absolute Gasteiger partial charge is 0.338 e. The minimum Gasteiger partial charge on any atom is -0.493 e. The summed E-state index contributed by atoms with van der Waals surface area (Å²) in [6.07, 6.45) is 5.16. The Kier molecular flexibility index (Phi) is 7.64. The van der Waals surface area contributed by atoms with Crippen LogP contribution in [0.15, 0.2) is 59.1 Å². The van der Waals surface area contributed by atoms with E-state index in [0.717, 1.165) is 33.3 Å². The predicted octanol–water partition coefficient (Wildman–Crippen LogP) is 8.61. The average Bonchev–Trinajstić information content (AvgIpc) is 3.39. The number of methoxy groups -OCH3 is 2. The number of hydrogen-bond acceptors (Lipinski definition) is 5. The Morgan fingerprint density at radius 3 is 2.57 bits per heavy atom. The monoisotopic (exact) mass is 621 g/mol. The Labute approximate surface area is 238 Å². The molecule has 1 heterocycles. The molecule has 3 atom stereocenters. The molecule has 0 bridgehead atoms. The summed E-state index contributed by atoms with van der Waals surface area (Å²) in [6, 6.07) is 12.8. The van der Waals surface area contributed by atoms with Gasteiger partial charge in [0, 0.05) is 5.92 Å². The normalized spacial score (nSPS) is 19.6. The summed E-state index contributed by atoms with van der Waals surface area (Å²) in [5.74, 6) is 0.994. The number of ether oxygens (including phenoxy) is 3. The number of anilines is 1. The van der Waals surface area contributed by atoms with E-state index in [1.165, 1.54) is 7.11 Å². The van der Waals surface area contributed by atoms with Crippen LogP contribution in [0.25, 0.3) is 0 Å². The number of hydrogen-bond donors (Lipinski definition) is 1. The summed E-state index contributed by atoms with van der Waals surface area (Å²) in [5, 5.41) is 5.14. The molecule has 0 saturated carbocycles. The molecule has 0 spiro atoms. The van der Waals surface area contributed by atoms with Crippen molar-refractivity contribution in [2.75, 3.05) is 19.5 Å². The van der Waals surface area contributed by atoms with Crippen molar-refractivity contribution in [2.45, 2.75) is 25.0 Å². The van der Waals surface area contributed by atoms with Gasteiger partial charge in [-0.25, -0.2) is 4.79 Å². The summed E-state index contributed by atoms with van der Waals surface area (Å²) >= 11 is 22.5. The summed E-state index contributed by atoms with van der Waals surface area (Å²) in [6.45, 7) is 0.292. The van der Waals surface area contributed by atoms with E-state index in [0.29, 0.717) is 38.7 Å². The molecule has 1 aliphatic heterocycles. The van der Waals surface area contributed by atoms with Crippen molar-refractivity contribution in [1.82, 2.24) is 0 Å². The van der Waals surface area contributed by atoms with Gasteiger partial charge in [0.25, 0.3) is 0 Å². The van der Waals surface area contributed by atoms with E-state index in [4.69, 9.17) is 49.0 Å². The Bertz CT molecular complexity index is 1410. The molecule has 5 nitrogen and oxygen atoms in total. The highest BCUT2D eigenvalue weighted by molar-refractivity contribution is 9.10. The summed E-state index contributed by atoms with van der Waals surface area (Å²) in [7, 11) is 3.00. The summed E-state index contributed by atoms with van der Waals surface area (Å²) in [5.41, 5.74) is 4.04. The number of allylic oxidation sites excluding steroid dienone is 2. The standard InChI is InChI=1S/C28H23BrCl3NO4/c1-35-23-12-15(11-19(29)27(23)37-13-14-6-8-20(30)22(32)10-14)25-17-5-3-4-16(17)24-18(28(34)36-2)7-9-21(31)26(24)33-25/h3-4,6-12,16-17,25,33H,5,13H2,1-2H3/t16-,17+,25-/m1/s1. The molecule has 5 rings (SSSR count). The molecule has 192 valence electrons. The number of carbonyl (C=O) groups is 1.